The van der Waals surface area contributed by atoms with Gasteiger partial charge in [-0.3, -0.25) is 4.79 Å². The minimum Gasteiger partial charge on any atom is -0.355 e. The first-order chi connectivity index (χ1) is 6.83. The second-order valence-corrected chi connectivity index (χ2v) is 3.87. The fourth-order valence-corrected chi connectivity index (χ4v) is 1.71. The number of nitrogens with one attached hydrogen (secondary N) is 2. The standard InChI is InChI=1S/C10H16N2OS/c1-2-4-12-10(13)7-11-6-9-3-5-14-8-9/h3,5,8,11H,2,4,6-7H2,1H3,(H,12,13). The van der Waals surface area contributed by atoms with Crippen LogP contribution in [0.25, 0.3) is 0 Å². The Labute approximate surface area is 88.5 Å². The highest BCUT2D eigenvalue weighted by atomic mass is 32.1. The fourth-order valence-electron chi connectivity index (χ4n) is 1.04. The van der Waals surface area contributed by atoms with E-state index in [0.717, 1.165) is 19.5 Å². The average molecular weight is 212 g/mol. The van der Waals surface area contributed by atoms with Crippen molar-refractivity contribution >= 4 is 17.2 Å². The Morgan fingerprint density at radius 1 is 1.57 bits per heavy atom. The molecule has 0 aliphatic rings. The first-order valence-corrected chi connectivity index (χ1v) is 5.75. The molecule has 0 unspecified atom stereocenters. The summed E-state index contributed by atoms with van der Waals surface area (Å²) in [5, 5.41) is 10.0. The highest BCUT2D eigenvalue weighted by Gasteiger charge is 1.98. The van der Waals surface area contributed by atoms with Gasteiger partial charge in [0.25, 0.3) is 0 Å². The molecule has 0 bridgehead atoms. The van der Waals surface area contributed by atoms with Gasteiger partial charge in [-0.25, -0.2) is 0 Å². The van der Waals surface area contributed by atoms with Gasteiger partial charge in [0.1, 0.15) is 0 Å². The highest BCUT2D eigenvalue weighted by Crippen LogP contribution is 2.04. The summed E-state index contributed by atoms with van der Waals surface area (Å²) >= 11 is 1.67. The summed E-state index contributed by atoms with van der Waals surface area (Å²) in [6, 6.07) is 2.06. The van der Waals surface area contributed by atoms with Crippen LogP contribution in [0.2, 0.25) is 0 Å². The topological polar surface area (TPSA) is 41.1 Å². The third-order valence-corrected chi connectivity index (χ3v) is 2.50. The highest BCUT2D eigenvalue weighted by molar-refractivity contribution is 7.07. The van der Waals surface area contributed by atoms with Crippen molar-refractivity contribution in [3.63, 3.8) is 0 Å². The van der Waals surface area contributed by atoms with Crippen LogP contribution in [0.1, 0.15) is 18.9 Å². The Morgan fingerprint density at radius 2 is 2.43 bits per heavy atom. The van der Waals surface area contributed by atoms with Gasteiger partial charge in [-0.2, -0.15) is 11.3 Å². The zero-order valence-electron chi connectivity index (χ0n) is 8.38. The lowest BCUT2D eigenvalue weighted by molar-refractivity contribution is -0.120. The van der Waals surface area contributed by atoms with Crippen molar-refractivity contribution in [3.8, 4) is 0 Å². The van der Waals surface area contributed by atoms with E-state index in [9.17, 15) is 4.79 Å². The van der Waals surface area contributed by atoms with E-state index in [0.29, 0.717) is 6.54 Å². The molecule has 0 atom stereocenters. The number of carbonyl (C=O) groups is 1. The molecule has 0 spiro atoms. The van der Waals surface area contributed by atoms with Crippen molar-refractivity contribution in [2.75, 3.05) is 13.1 Å². The SMILES string of the molecule is CCCNC(=O)CNCc1ccsc1. The van der Waals surface area contributed by atoms with E-state index in [1.165, 1.54) is 5.56 Å². The third-order valence-electron chi connectivity index (χ3n) is 1.77. The molecule has 0 aliphatic carbocycles. The van der Waals surface area contributed by atoms with Crippen LogP contribution in [0, 0.1) is 0 Å². The summed E-state index contributed by atoms with van der Waals surface area (Å²) in [7, 11) is 0. The van der Waals surface area contributed by atoms with Crippen LogP contribution in [0.15, 0.2) is 16.8 Å². The van der Waals surface area contributed by atoms with Crippen LogP contribution in [-0.4, -0.2) is 19.0 Å². The largest absolute Gasteiger partial charge is 0.355 e. The predicted molar refractivity (Wildman–Crippen MR) is 59.3 cm³/mol. The second-order valence-electron chi connectivity index (χ2n) is 3.09. The molecule has 0 fully saturated rings. The molecule has 0 radical (unpaired) electrons. The van der Waals surface area contributed by atoms with Gasteiger partial charge in [0, 0.05) is 13.1 Å². The molecule has 4 heteroatoms. The van der Waals surface area contributed by atoms with E-state index in [4.69, 9.17) is 0 Å². The molecule has 0 saturated carbocycles. The molecule has 0 saturated heterocycles. The zero-order chi connectivity index (χ0) is 10.2. The van der Waals surface area contributed by atoms with Crippen LogP contribution in [0.3, 0.4) is 0 Å². The summed E-state index contributed by atoms with van der Waals surface area (Å²) in [6.45, 7) is 3.97. The van der Waals surface area contributed by atoms with Crippen molar-refractivity contribution in [3.05, 3.63) is 22.4 Å². The molecule has 1 rings (SSSR count). The summed E-state index contributed by atoms with van der Waals surface area (Å²) in [5.74, 6) is 0.0714. The molecule has 3 nitrogen and oxygen atoms in total. The lowest BCUT2D eigenvalue weighted by Gasteiger charge is -2.04. The lowest BCUT2D eigenvalue weighted by atomic mass is 10.3. The fraction of sp³-hybridized carbons (Fsp3) is 0.500. The number of carbonyl (C=O) groups excluding carboxylic acids is 1. The summed E-state index contributed by atoms with van der Waals surface area (Å²) in [5.41, 5.74) is 1.23. The third kappa shape index (κ3) is 4.39. The summed E-state index contributed by atoms with van der Waals surface area (Å²) in [6.07, 6.45) is 0.982. The first-order valence-electron chi connectivity index (χ1n) is 4.81. The second kappa shape index (κ2) is 6.56. The molecule has 1 amide bonds. The minimum absolute atomic E-state index is 0.0714. The molecule has 14 heavy (non-hydrogen) atoms. The maximum atomic E-state index is 11.2. The van der Waals surface area contributed by atoms with E-state index in [2.05, 4.69) is 22.1 Å². The van der Waals surface area contributed by atoms with Crippen LogP contribution in [0.5, 0.6) is 0 Å². The van der Waals surface area contributed by atoms with Crippen molar-refractivity contribution in [2.24, 2.45) is 0 Å². The van der Waals surface area contributed by atoms with Gasteiger partial charge in [-0.05, 0) is 28.8 Å². The Bertz CT molecular complexity index is 259. The Hall–Kier alpha value is -0.870. The summed E-state index contributed by atoms with van der Waals surface area (Å²) < 4.78 is 0. The van der Waals surface area contributed by atoms with Crippen LogP contribution < -0.4 is 10.6 Å². The average Bonchev–Trinajstić information content (AvgIpc) is 2.67. The maximum absolute atomic E-state index is 11.2. The Morgan fingerprint density at radius 3 is 3.07 bits per heavy atom. The van der Waals surface area contributed by atoms with E-state index in [1.54, 1.807) is 11.3 Å². The van der Waals surface area contributed by atoms with Gasteiger partial charge in [0.05, 0.1) is 6.54 Å². The normalized spacial score (nSPS) is 10.1. The van der Waals surface area contributed by atoms with Crippen molar-refractivity contribution in [1.29, 1.82) is 0 Å². The van der Waals surface area contributed by atoms with Crippen LogP contribution in [-0.2, 0) is 11.3 Å². The quantitative estimate of drug-likeness (QED) is 0.747. The van der Waals surface area contributed by atoms with Gasteiger partial charge >= 0.3 is 0 Å². The van der Waals surface area contributed by atoms with Crippen LogP contribution >= 0.6 is 11.3 Å². The predicted octanol–water partition coefficient (Wildman–Crippen LogP) is 1.36. The maximum Gasteiger partial charge on any atom is 0.233 e. The lowest BCUT2D eigenvalue weighted by Crippen LogP contribution is -2.33. The number of hydrogen-bond donors (Lipinski definition) is 2. The van der Waals surface area contributed by atoms with Crippen LogP contribution in [0.4, 0.5) is 0 Å². The zero-order valence-corrected chi connectivity index (χ0v) is 9.19. The van der Waals surface area contributed by atoms with Crippen molar-refractivity contribution < 1.29 is 4.79 Å². The number of hydrogen-bond acceptors (Lipinski definition) is 3. The first kappa shape index (κ1) is 11.2. The van der Waals surface area contributed by atoms with E-state index < -0.39 is 0 Å². The molecular weight excluding hydrogens is 196 g/mol. The van der Waals surface area contributed by atoms with Gasteiger partial charge in [0.2, 0.25) is 5.91 Å². The molecule has 1 heterocycles. The Kier molecular flexibility index (Phi) is 5.25. The molecular formula is C10H16N2OS. The molecule has 1 aromatic heterocycles. The van der Waals surface area contributed by atoms with Crippen molar-refractivity contribution in [2.45, 2.75) is 19.9 Å². The van der Waals surface area contributed by atoms with Gasteiger partial charge < -0.3 is 10.6 Å². The number of rotatable bonds is 6. The van der Waals surface area contributed by atoms with Gasteiger partial charge in [0.15, 0.2) is 0 Å². The van der Waals surface area contributed by atoms with Crippen molar-refractivity contribution in [1.82, 2.24) is 10.6 Å². The number of thiophene rings is 1. The molecule has 2 N–H and O–H groups in total. The van der Waals surface area contributed by atoms with E-state index in [-0.39, 0.29) is 5.91 Å². The van der Waals surface area contributed by atoms with E-state index >= 15 is 0 Å². The molecule has 78 valence electrons. The Balaban J connectivity index is 2.06. The van der Waals surface area contributed by atoms with E-state index in [1.807, 2.05) is 12.3 Å². The van der Waals surface area contributed by atoms with Gasteiger partial charge in [-0.1, -0.05) is 6.92 Å². The summed E-state index contributed by atoms with van der Waals surface area (Å²) in [4.78, 5) is 11.2. The number of amides is 1. The molecule has 0 aliphatic heterocycles. The molecule has 0 aromatic carbocycles. The van der Waals surface area contributed by atoms with Gasteiger partial charge in [-0.15, -0.1) is 0 Å². The smallest absolute Gasteiger partial charge is 0.233 e. The monoisotopic (exact) mass is 212 g/mol. The minimum atomic E-state index is 0.0714. The molecule has 1 aromatic rings.